The number of hydrogen-bond acceptors (Lipinski definition) is 6. The van der Waals surface area contributed by atoms with Gasteiger partial charge in [-0.25, -0.2) is 19.6 Å². The number of carbonyl (C=O) groups is 1. The van der Waals surface area contributed by atoms with E-state index >= 15 is 0 Å². The van der Waals surface area contributed by atoms with E-state index in [1.165, 1.54) is 25.5 Å². The highest BCUT2D eigenvalue weighted by molar-refractivity contribution is 5.91. The number of carbonyl (C=O) groups excluding carboxylic acids is 1. The molecule has 1 aliphatic rings. The Hall–Kier alpha value is -4.40. The number of nitrogen functional groups attached to an aromatic ring is 1. The van der Waals surface area contributed by atoms with Crippen molar-refractivity contribution in [3.63, 3.8) is 0 Å². The highest BCUT2D eigenvalue weighted by Gasteiger charge is 2.37. The van der Waals surface area contributed by atoms with Crippen molar-refractivity contribution < 1.29 is 18.0 Å². The lowest BCUT2D eigenvalue weighted by atomic mass is 10.1. The summed E-state index contributed by atoms with van der Waals surface area (Å²) in [6.07, 6.45) is -0.447. The number of amides is 1. The van der Waals surface area contributed by atoms with Gasteiger partial charge >= 0.3 is 6.18 Å². The maximum Gasteiger partial charge on any atom is 0.449 e. The van der Waals surface area contributed by atoms with Crippen LogP contribution in [0.5, 0.6) is 0 Å². The molecule has 9 nitrogen and oxygen atoms in total. The topological polar surface area (TPSA) is 108 Å². The molecule has 12 heteroatoms. The third kappa shape index (κ3) is 4.16. The van der Waals surface area contributed by atoms with Crippen molar-refractivity contribution in [1.82, 2.24) is 34.2 Å². The molecule has 2 atom stereocenters. The molecule has 1 fully saturated rings. The minimum atomic E-state index is -4.56. The lowest BCUT2D eigenvalue weighted by Gasteiger charge is -2.21. The lowest BCUT2D eigenvalue weighted by molar-refractivity contribution is -0.146. The van der Waals surface area contributed by atoms with Crippen LogP contribution in [0.15, 0.2) is 37.2 Å². The number of aryl methyl sites for hydroxylation is 1. The molecule has 4 heterocycles. The number of fused-ring (bicyclic) bond motifs is 2. The zero-order chi connectivity index (χ0) is 26.5. The molecule has 5 rings (SSSR count). The number of nitrogens with zero attached hydrogens (tertiary/aromatic N) is 7. The predicted molar refractivity (Wildman–Crippen MR) is 131 cm³/mol. The van der Waals surface area contributed by atoms with Crippen LogP contribution in [0.3, 0.4) is 0 Å². The number of halogens is 3. The molecule has 0 unspecified atom stereocenters. The van der Waals surface area contributed by atoms with Gasteiger partial charge in [-0.05, 0) is 43.0 Å². The Morgan fingerprint density at radius 1 is 1.30 bits per heavy atom. The maximum absolute atomic E-state index is 13.2. The molecule has 37 heavy (non-hydrogen) atoms. The number of anilines is 1. The van der Waals surface area contributed by atoms with Crippen molar-refractivity contribution in [2.75, 3.05) is 12.3 Å². The summed E-state index contributed by atoms with van der Waals surface area (Å²) >= 11 is 0. The second kappa shape index (κ2) is 8.92. The van der Waals surface area contributed by atoms with Gasteiger partial charge < -0.3 is 15.2 Å². The molecular formula is C25H23F3N8O. The van der Waals surface area contributed by atoms with E-state index in [4.69, 9.17) is 5.73 Å². The summed E-state index contributed by atoms with van der Waals surface area (Å²) < 4.78 is 42.4. The number of benzene rings is 1. The van der Waals surface area contributed by atoms with Crippen molar-refractivity contribution in [1.29, 1.82) is 0 Å². The molecular weight excluding hydrogens is 485 g/mol. The van der Waals surface area contributed by atoms with Crippen LogP contribution >= 0.6 is 0 Å². The van der Waals surface area contributed by atoms with Gasteiger partial charge in [0.05, 0.1) is 22.5 Å². The summed E-state index contributed by atoms with van der Waals surface area (Å²) in [6, 6.07) is 4.56. The summed E-state index contributed by atoms with van der Waals surface area (Å²) in [5, 5.41) is 5.16. The van der Waals surface area contributed by atoms with Gasteiger partial charge in [0, 0.05) is 25.2 Å². The number of aromatic nitrogens is 6. The van der Waals surface area contributed by atoms with E-state index in [9.17, 15) is 18.0 Å². The maximum atomic E-state index is 13.2. The van der Waals surface area contributed by atoms with Crippen LogP contribution in [0, 0.1) is 11.8 Å². The molecule has 0 bridgehead atoms. The fourth-order valence-corrected chi connectivity index (χ4v) is 4.84. The second-order valence-corrected chi connectivity index (χ2v) is 8.84. The Bertz CT molecular complexity index is 1610. The normalized spacial score (nSPS) is 17.8. The minimum Gasteiger partial charge on any atom is -0.383 e. The molecule has 1 aliphatic heterocycles. The van der Waals surface area contributed by atoms with Crippen LogP contribution in [0.25, 0.3) is 22.1 Å². The summed E-state index contributed by atoms with van der Waals surface area (Å²) in [4.78, 5) is 26.3. The summed E-state index contributed by atoms with van der Waals surface area (Å²) in [5.41, 5.74) is 7.98. The Labute approximate surface area is 209 Å². The van der Waals surface area contributed by atoms with Crippen molar-refractivity contribution >= 4 is 33.8 Å². The third-order valence-electron chi connectivity index (χ3n) is 6.64. The van der Waals surface area contributed by atoms with Gasteiger partial charge in [0.15, 0.2) is 5.65 Å². The van der Waals surface area contributed by atoms with Crippen LogP contribution in [-0.2, 0) is 18.0 Å². The quantitative estimate of drug-likeness (QED) is 0.336. The highest BCUT2D eigenvalue weighted by Crippen LogP contribution is 2.33. The molecule has 0 saturated carbocycles. The average Bonchev–Trinajstić information content (AvgIpc) is 3.56. The first-order valence-electron chi connectivity index (χ1n) is 11.6. The van der Waals surface area contributed by atoms with Crippen molar-refractivity contribution in [3.05, 3.63) is 54.3 Å². The summed E-state index contributed by atoms with van der Waals surface area (Å²) in [5.74, 6) is 5.02. The monoisotopic (exact) mass is 508 g/mol. The number of nitrogens with two attached hydrogens (primary N) is 1. The Morgan fingerprint density at radius 2 is 2.08 bits per heavy atom. The minimum absolute atomic E-state index is 0.0372. The van der Waals surface area contributed by atoms with Gasteiger partial charge in [0.1, 0.15) is 17.8 Å². The van der Waals surface area contributed by atoms with E-state index in [2.05, 4.69) is 38.5 Å². The number of likely N-dealkylation sites (tertiary alicyclic amines) is 1. The first kappa shape index (κ1) is 24.3. The standard InChI is InChI=1S/C25H23F3N8O/c1-4-15-11-16(12-35(15)20(37)5-2)36-23-21(22(29)30-13-31-23)17(33-36)8-6-14-7-9-19-18(10-14)32-24(34(19)3)25(26,27)28/h5,7,9-10,13,15-16H,2,4,11-12H2,1,3H3,(H2,29,30,31)/t15-,16-/m0/s1. The number of rotatable bonds is 3. The molecule has 1 amide bonds. The Morgan fingerprint density at radius 3 is 2.78 bits per heavy atom. The molecule has 0 aliphatic carbocycles. The largest absolute Gasteiger partial charge is 0.449 e. The van der Waals surface area contributed by atoms with Crippen LogP contribution in [0.1, 0.15) is 42.9 Å². The Kier molecular flexibility index (Phi) is 5.86. The van der Waals surface area contributed by atoms with Gasteiger partial charge in [0.25, 0.3) is 0 Å². The van der Waals surface area contributed by atoms with Crippen molar-refractivity contribution in [2.24, 2.45) is 7.05 Å². The van der Waals surface area contributed by atoms with Crippen LogP contribution < -0.4 is 5.73 Å². The van der Waals surface area contributed by atoms with E-state index < -0.39 is 12.0 Å². The third-order valence-corrected chi connectivity index (χ3v) is 6.64. The molecule has 0 radical (unpaired) electrons. The van der Waals surface area contributed by atoms with E-state index in [1.807, 2.05) is 6.92 Å². The summed E-state index contributed by atoms with van der Waals surface area (Å²) in [7, 11) is 1.32. The van der Waals surface area contributed by atoms with Gasteiger partial charge in [-0.1, -0.05) is 19.4 Å². The number of hydrogen-bond donors (Lipinski definition) is 1. The van der Waals surface area contributed by atoms with E-state index in [1.54, 1.807) is 21.7 Å². The lowest BCUT2D eigenvalue weighted by Crippen LogP contribution is -2.34. The van der Waals surface area contributed by atoms with Crippen molar-refractivity contribution in [2.45, 2.75) is 38.0 Å². The molecule has 2 N–H and O–H groups in total. The zero-order valence-corrected chi connectivity index (χ0v) is 20.1. The average molecular weight is 509 g/mol. The predicted octanol–water partition coefficient (Wildman–Crippen LogP) is 3.45. The molecule has 1 saturated heterocycles. The molecule has 4 aromatic rings. The second-order valence-electron chi connectivity index (χ2n) is 8.84. The summed E-state index contributed by atoms with van der Waals surface area (Å²) in [6.45, 7) is 6.05. The van der Waals surface area contributed by atoms with Gasteiger partial charge in [0.2, 0.25) is 11.7 Å². The van der Waals surface area contributed by atoms with Crippen LogP contribution in [-0.4, -0.2) is 52.7 Å². The first-order valence-corrected chi connectivity index (χ1v) is 11.6. The molecule has 3 aromatic heterocycles. The highest BCUT2D eigenvalue weighted by atomic mass is 19.4. The van der Waals surface area contributed by atoms with E-state index in [0.717, 1.165) is 11.0 Å². The zero-order valence-electron chi connectivity index (χ0n) is 20.1. The Balaban J connectivity index is 1.54. The molecule has 1 aromatic carbocycles. The molecule has 190 valence electrons. The first-order chi connectivity index (χ1) is 17.6. The fraction of sp³-hybridized carbons (Fsp3) is 0.320. The van der Waals surface area contributed by atoms with Crippen molar-refractivity contribution in [3.8, 4) is 11.8 Å². The molecule has 0 spiro atoms. The van der Waals surface area contributed by atoms with Crippen LogP contribution in [0.4, 0.5) is 19.0 Å². The number of imidazole rings is 1. The van der Waals surface area contributed by atoms with E-state index in [0.29, 0.717) is 40.8 Å². The number of alkyl halides is 3. The fourth-order valence-electron chi connectivity index (χ4n) is 4.84. The van der Waals surface area contributed by atoms with Gasteiger partial charge in [-0.2, -0.15) is 18.3 Å². The van der Waals surface area contributed by atoms with E-state index in [-0.39, 0.29) is 29.3 Å². The van der Waals surface area contributed by atoms with Gasteiger partial charge in [-0.15, -0.1) is 0 Å². The van der Waals surface area contributed by atoms with Crippen LogP contribution in [0.2, 0.25) is 0 Å². The van der Waals surface area contributed by atoms with Gasteiger partial charge in [-0.3, -0.25) is 4.79 Å². The smallest absolute Gasteiger partial charge is 0.383 e. The SMILES string of the molecule is C=CC(=O)N1C[C@@H](n2nc(C#Cc3ccc4c(c3)nc(C(F)(F)F)n4C)c3c(N)ncnc32)C[C@@H]1CC.